The number of halogens is 3. The molecule has 0 saturated heterocycles. The molecule has 0 radical (unpaired) electrons. The molecule has 0 aliphatic heterocycles. The van der Waals surface area contributed by atoms with Crippen LogP contribution in [0, 0.1) is 0 Å². The highest BCUT2D eigenvalue weighted by atomic mass is 32.2. The fraction of sp³-hybridized carbons (Fsp3) is 0.188. The van der Waals surface area contributed by atoms with Crippen LogP contribution in [0.15, 0.2) is 46.8 Å². The van der Waals surface area contributed by atoms with Gasteiger partial charge in [0.05, 0.1) is 16.1 Å². The summed E-state index contributed by atoms with van der Waals surface area (Å²) < 4.78 is 36.5. The van der Waals surface area contributed by atoms with Gasteiger partial charge >= 0.3 is 6.18 Å². The molecule has 9 heteroatoms. The number of thiophene rings is 1. The standard InChI is InChI=1S/C16H12F3N3OS2/c17-16(18,19)9-20-13(23)8-25-15-10-4-1-2-5-11(10)21-14(22-15)12-6-3-7-24-12/h1-7H,8-9H2,(H,20,23). The second-order valence-electron chi connectivity index (χ2n) is 5.03. The van der Waals surface area contributed by atoms with Gasteiger partial charge in [0, 0.05) is 5.39 Å². The van der Waals surface area contributed by atoms with Gasteiger partial charge in [-0.3, -0.25) is 4.79 Å². The monoisotopic (exact) mass is 383 g/mol. The predicted molar refractivity (Wildman–Crippen MR) is 92.6 cm³/mol. The minimum absolute atomic E-state index is 0.152. The summed E-state index contributed by atoms with van der Waals surface area (Å²) in [5.41, 5.74) is 0.721. The molecule has 2 aromatic heterocycles. The molecule has 0 atom stereocenters. The van der Waals surface area contributed by atoms with Crippen molar-refractivity contribution in [2.24, 2.45) is 0 Å². The highest BCUT2D eigenvalue weighted by Gasteiger charge is 2.27. The maximum absolute atomic E-state index is 12.2. The number of nitrogens with zero attached hydrogens (tertiary/aromatic N) is 2. The van der Waals surface area contributed by atoms with E-state index in [1.807, 2.05) is 47.1 Å². The van der Waals surface area contributed by atoms with Crippen LogP contribution in [0.25, 0.3) is 21.6 Å². The number of rotatable bonds is 5. The van der Waals surface area contributed by atoms with Crippen LogP contribution < -0.4 is 5.32 Å². The number of alkyl halides is 3. The Balaban J connectivity index is 1.81. The van der Waals surface area contributed by atoms with E-state index in [4.69, 9.17) is 0 Å². The van der Waals surface area contributed by atoms with E-state index in [1.54, 1.807) is 0 Å². The van der Waals surface area contributed by atoms with E-state index >= 15 is 0 Å². The molecule has 0 fully saturated rings. The molecule has 3 aromatic rings. The minimum atomic E-state index is -4.42. The van der Waals surface area contributed by atoms with Crippen molar-refractivity contribution in [2.45, 2.75) is 11.2 Å². The molecule has 130 valence electrons. The zero-order valence-corrected chi connectivity index (χ0v) is 14.3. The smallest absolute Gasteiger partial charge is 0.346 e. The van der Waals surface area contributed by atoms with Crippen LogP contribution in [-0.2, 0) is 4.79 Å². The average Bonchev–Trinajstić information content (AvgIpc) is 3.11. The lowest BCUT2D eigenvalue weighted by molar-refractivity contribution is -0.136. The number of hydrogen-bond acceptors (Lipinski definition) is 5. The summed E-state index contributed by atoms with van der Waals surface area (Å²) in [5, 5.41) is 5.09. The SMILES string of the molecule is O=C(CSc1nc(-c2cccs2)nc2ccccc12)NCC(F)(F)F. The Hall–Kier alpha value is -2.13. The zero-order chi connectivity index (χ0) is 17.9. The highest BCUT2D eigenvalue weighted by Crippen LogP contribution is 2.29. The van der Waals surface area contributed by atoms with Gasteiger partial charge < -0.3 is 5.32 Å². The highest BCUT2D eigenvalue weighted by molar-refractivity contribution is 8.00. The van der Waals surface area contributed by atoms with Crippen LogP contribution in [0.3, 0.4) is 0 Å². The third-order valence-corrected chi connectivity index (χ3v) is 4.99. The molecule has 25 heavy (non-hydrogen) atoms. The van der Waals surface area contributed by atoms with Gasteiger partial charge in [0.2, 0.25) is 5.91 Å². The number of carbonyl (C=O) groups is 1. The topological polar surface area (TPSA) is 54.9 Å². The van der Waals surface area contributed by atoms with Gasteiger partial charge in [-0.2, -0.15) is 13.2 Å². The summed E-state index contributed by atoms with van der Waals surface area (Å²) in [6.45, 7) is -1.34. The Bertz CT molecular complexity index is 882. The normalized spacial score (nSPS) is 11.6. The molecular formula is C16H12F3N3OS2. The summed E-state index contributed by atoms with van der Waals surface area (Å²) in [6.07, 6.45) is -4.42. The van der Waals surface area contributed by atoms with Gasteiger partial charge in [-0.1, -0.05) is 36.0 Å². The lowest BCUT2D eigenvalue weighted by atomic mass is 10.2. The van der Waals surface area contributed by atoms with E-state index in [1.165, 1.54) is 11.3 Å². The van der Waals surface area contributed by atoms with Crippen LogP contribution in [0.4, 0.5) is 13.2 Å². The Kier molecular flexibility index (Phi) is 5.24. The summed E-state index contributed by atoms with van der Waals surface area (Å²) in [4.78, 5) is 21.5. The first-order chi connectivity index (χ1) is 11.9. The second-order valence-corrected chi connectivity index (χ2v) is 6.94. The van der Waals surface area contributed by atoms with E-state index in [0.29, 0.717) is 10.9 Å². The molecule has 0 spiro atoms. The van der Waals surface area contributed by atoms with Crippen molar-refractivity contribution in [3.8, 4) is 10.7 Å². The molecule has 0 unspecified atom stereocenters. The van der Waals surface area contributed by atoms with Crippen LogP contribution in [0.2, 0.25) is 0 Å². The number of hydrogen-bond donors (Lipinski definition) is 1. The summed E-state index contributed by atoms with van der Waals surface area (Å²) in [5.74, 6) is -0.310. The third kappa shape index (κ3) is 4.70. The fourth-order valence-corrected chi connectivity index (χ4v) is 3.56. The molecule has 0 aliphatic carbocycles. The van der Waals surface area contributed by atoms with Gasteiger partial charge in [0.15, 0.2) is 5.82 Å². The zero-order valence-electron chi connectivity index (χ0n) is 12.7. The van der Waals surface area contributed by atoms with Crippen molar-refractivity contribution in [1.29, 1.82) is 0 Å². The van der Waals surface area contributed by atoms with Crippen LogP contribution in [0.1, 0.15) is 0 Å². The Morgan fingerprint density at radius 1 is 1.16 bits per heavy atom. The molecule has 0 saturated carbocycles. The van der Waals surface area contributed by atoms with Gasteiger partial charge in [0.1, 0.15) is 11.6 Å². The number of fused-ring (bicyclic) bond motifs is 1. The van der Waals surface area contributed by atoms with E-state index in [2.05, 4.69) is 9.97 Å². The maximum atomic E-state index is 12.2. The van der Waals surface area contributed by atoms with Crippen molar-refractivity contribution in [3.05, 3.63) is 41.8 Å². The minimum Gasteiger partial charge on any atom is -0.346 e. The number of benzene rings is 1. The molecular weight excluding hydrogens is 371 g/mol. The molecule has 0 aliphatic rings. The number of carbonyl (C=O) groups excluding carboxylic acids is 1. The van der Waals surface area contributed by atoms with Gasteiger partial charge in [0.25, 0.3) is 0 Å². The first-order valence-electron chi connectivity index (χ1n) is 7.19. The first-order valence-corrected chi connectivity index (χ1v) is 9.06. The van der Waals surface area contributed by atoms with Crippen LogP contribution >= 0.6 is 23.1 Å². The molecule has 0 bridgehead atoms. The third-order valence-electron chi connectivity index (χ3n) is 3.14. The lowest BCUT2D eigenvalue weighted by Gasteiger charge is -2.09. The van der Waals surface area contributed by atoms with Crippen molar-refractivity contribution in [3.63, 3.8) is 0 Å². The maximum Gasteiger partial charge on any atom is 0.405 e. The Labute approximate surface area is 149 Å². The van der Waals surface area contributed by atoms with Gasteiger partial charge in [-0.25, -0.2) is 9.97 Å². The number of amides is 1. The van der Waals surface area contributed by atoms with Crippen molar-refractivity contribution in [1.82, 2.24) is 15.3 Å². The van der Waals surface area contributed by atoms with Crippen LogP contribution in [-0.4, -0.2) is 34.3 Å². The van der Waals surface area contributed by atoms with Crippen molar-refractivity contribution >= 4 is 39.9 Å². The van der Waals surface area contributed by atoms with Crippen molar-refractivity contribution in [2.75, 3.05) is 12.3 Å². The molecule has 1 N–H and O–H groups in total. The van der Waals surface area contributed by atoms with Gasteiger partial charge in [-0.15, -0.1) is 11.3 Å². The lowest BCUT2D eigenvalue weighted by Crippen LogP contribution is -2.34. The summed E-state index contributed by atoms with van der Waals surface area (Å²) in [7, 11) is 0. The second kappa shape index (κ2) is 7.40. The van der Waals surface area contributed by atoms with E-state index in [0.717, 1.165) is 27.5 Å². The number of aromatic nitrogens is 2. The average molecular weight is 383 g/mol. The molecule has 4 nitrogen and oxygen atoms in total. The fourth-order valence-electron chi connectivity index (χ4n) is 2.06. The Morgan fingerprint density at radius 2 is 1.96 bits per heavy atom. The summed E-state index contributed by atoms with van der Waals surface area (Å²) >= 11 is 2.58. The molecule has 1 aromatic carbocycles. The van der Waals surface area contributed by atoms with E-state index in [9.17, 15) is 18.0 Å². The van der Waals surface area contributed by atoms with E-state index < -0.39 is 18.6 Å². The van der Waals surface area contributed by atoms with E-state index in [-0.39, 0.29) is 5.75 Å². The predicted octanol–water partition coefficient (Wildman–Crippen LogP) is 4.13. The first kappa shape index (κ1) is 17.7. The number of thioether (sulfide) groups is 1. The number of para-hydroxylation sites is 1. The van der Waals surface area contributed by atoms with Crippen LogP contribution in [0.5, 0.6) is 0 Å². The number of nitrogens with one attached hydrogen (secondary N) is 1. The Morgan fingerprint density at radius 3 is 2.68 bits per heavy atom. The van der Waals surface area contributed by atoms with Crippen molar-refractivity contribution < 1.29 is 18.0 Å². The van der Waals surface area contributed by atoms with Gasteiger partial charge in [-0.05, 0) is 17.5 Å². The molecule has 1 amide bonds. The molecule has 3 rings (SSSR count). The summed E-state index contributed by atoms with van der Waals surface area (Å²) in [6, 6.07) is 11.1. The molecule has 2 heterocycles. The quantitative estimate of drug-likeness (QED) is 0.532. The largest absolute Gasteiger partial charge is 0.405 e.